The number of hydrogen-bond donors (Lipinski definition) is 1. The average molecular weight is 359 g/mol. The molecule has 2 aromatic rings. The molecule has 1 N–H and O–H groups in total. The predicted molar refractivity (Wildman–Crippen MR) is 99.8 cm³/mol. The topological polar surface area (TPSA) is 41.6 Å². The summed E-state index contributed by atoms with van der Waals surface area (Å²) in [5.41, 5.74) is 1.30. The van der Waals surface area contributed by atoms with Gasteiger partial charge in [-0.1, -0.05) is 54.1 Å². The second-order valence-electron chi connectivity index (χ2n) is 6.35. The van der Waals surface area contributed by atoms with Crippen molar-refractivity contribution in [3.05, 3.63) is 65.2 Å². The minimum absolute atomic E-state index is 0.0150. The molecular formula is C20H23ClN2O2. The van der Waals surface area contributed by atoms with Crippen LogP contribution in [0.2, 0.25) is 5.02 Å². The highest BCUT2D eigenvalue weighted by Crippen LogP contribution is 2.22. The number of rotatable bonds is 6. The van der Waals surface area contributed by atoms with Crippen LogP contribution in [-0.4, -0.2) is 36.5 Å². The van der Waals surface area contributed by atoms with Gasteiger partial charge in [0.15, 0.2) is 6.61 Å². The number of ether oxygens (including phenoxy) is 1. The molecule has 1 aliphatic heterocycles. The quantitative estimate of drug-likeness (QED) is 0.859. The number of carbonyl (C=O) groups excluding carboxylic acids is 1. The van der Waals surface area contributed by atoms with Crippen LogP contribution >= 0.6 is 11.6 Å². The molecule has 0 bridgehead atoms. The zero-order valence-electron chi connectivity index (χ0n) is 14.2. The molecule has 0 saturated carbocycles. The Hall–Kier alpha value is -2.04. The van der Waals surface area contributed by atoms with Crippen molar-refractivity contribution in [1.29, 1.82) is 0 Å². The van der Waals surface area contributed by atoms with Crippen LogP contribution in [0.5, 0.6) is 5.75 Å². The first kappa shape index (κ1) is 17.8. The molecule has 25 heavy (non-hydrogen) atoms. The van der Waals surface area contributed by atoms with Crippen molar-refractivity contribution < 1.29 is 9.53 Å². The molecule has 1 atom stereocenters. The molecule has 1 heterocycles. The monoisotopic (exact) mass is 358 g/mol. The molecule has 1 fully saturated rings. The number of benzene rings is 2. The zero-order valence-corrected chi connectivity index (χ0v) is 14.9. The van der Waals surface area contributed by atoms with E-state index < -0.39 is 0 Å². The number of para-hydroxylation sites is 1. The Morgan fingerprint density at radius 3 is 2.72 bits per heavy atom. The largest absolute Gasteiger partial charge is 0.482 e. The zero-order chi connectivity index (χ0) is 17.5. The lowest BCUT2D eigenvalue weighted by atomic mass is 10.0. The van der Waals surface area contributed by atoms with Crippen molar-refractivity contribution in [2.24, 2.45) is 0 Å². The van der Waals surface area contributed by atoms with E-state index in [-0.39, 0.29) is 18.6 Å². The Balaban J connectivity index is 1.45. The van der Waals surface area contributed by atoms with Gasteiger partial charge >= 0.3 is 0 Å². The first-order valence-electron chi connectivity index (χ1n) is 8.63. The second kappa shape index (κ2) is 8.88. The first-order valence-corrected chi connectivity index (χ1v) is 9.01. The average Bonchev–Trinajstić information content (AvgIpc) is 2.62. The van der Waals surface area contributed by atoms with Gasteiger partial charge in [-0.15, -0.1) is 0 Å². The van der Waals surface area contributed by atoms with Gasteiger partial charge in [0.2, 0.25) is 0 Å². The molecule has 0 unspecified atom stereocenters. The van der Waals surface area contributed by atoms with Gasteiger partial charge in [0.05, 0.1) is 5.02 Å². The predicted octanol–water partition coefficient (Wildman–Crippen LogP) is 3.50. The number of nitrogens with zero attached hydrogens (tertiary/aromatic N) is 1. The molecule has 1 saturated heterocycles. The fourth-order valence-electron chi connectivity index (χ4n) is 3.13. The molecule has 2 aromatic carbocycles. The third-order valence-electron chi connectivity index (χ3n) is 4.32. The summed E-state index contributed by atoms with van der Waals surface area (Å²) in [5.74, 6) is 0.431. The van der Waals surface area contributed by atoms with Crippen LogP contribution in [0.25, 0.3) is 0 Å². The summed E-state index contributed by atoms with van der Waals surface area (Å²) < 4.78 is 5.51. The Kier molecular flexibility index (Phi) is 6.31. The molecule has 1 amide bonds. The normalized spacial score (nSPS) is 17.9. The molecule has 0 aliphatic carbocycles. The lowest BCUT2D eigenvalue weighted by Gasteiger charge is -2.33. The smallest absolute Gasteiger partial charge is 0.258 e. The minimum Gasteiger partial charge on any atom is -0.482 e. The van der Waals surface area contributed by atoms with Crippen LogP contribution < -0.4 is 10.1 Å². The number of hydrogen-bond acceptors (Lipinski definition) is 3. The van der Waals surface area contributed by atoms with Gasteiger partial charge in [-0.2, -0.15) is 0 Å². The van der Waals surface area contributed by atoms with Gasteiger partial charge in [0.1, 0.15) is 5.75 Å². The number of nitrogens with one attached hydrogen (secondary N) is 1. The number of amides is 1. The maximum Gasteiger partial charge on any atom is 0.258 e. The SMILES string of the molecule is O=C(COc1ccccc1Cl)N[C@@H]1CCCN(Cc2ccccc2)C1. The van der Waals surface area contributed by atoms with E-state index in [4.69, 9.17) is 16.3 Å². The van der Waals surface area contributed by atoms with Crippen molar-refractivity contribution >= 4 is 17.5 Å². The van der Waals surface area contributed by atoms with Crippen molar-refractivity contribution in [3.63, 3.8) is 0 Å². The highest BCUT2D eigenvalue weighted by Gasteiger charge is 2.21. The summed E-state index contributed by atoms with van der Waals surface area (Å²) in [6, 6.07) is 17.8. The summed E-state index contributed by atoms with van der Waals surface area (Å²) in [6.45, 7) is 2.84. The molecule has 0 aromatic heterocycles. The highest BCUT2D eigenvalue weighted by molar-refractivity contribution is 6.32. The molecule has 5 heteroatoms. The summed E-state index contributed by atoms with van der Waals surface area (Å²) >= 11 is 6.03. The van der Waals surface area contributed by atoms with Crippen LogP contribution in [0.3, 0.4) is 0 Å². The number of likely N-dealkylation sites (tertiary alicyclic amines) is 1. The molecule has 132 valence electrons. The lowest BCUT2D eigenvalue weighted by Crippen LogP contribution is -2.48. The standard InChI is InChI=1S/C20H23ClN2O2/c21-18-10-4-5-11-19(18)25-15-20(24)22-17-9-6-12-23(14-17)13-16-7-2-1-3-8-16/h1-5,7-8,10-11,17H,6,9,12-15H2,(H,22,24)/t17-/m1/s1. The second-order valence-corrected chi connectivity index (χ2v) is 6.75. The van der Waals surface area contributed by atoms with Gasteiger partial charge in [0, 0.05) is 19.1 Å². The molecule has 0 radical (unpaired) electrons. The Morgan fingerprint density at radius 2 is 1.92 bits per heavy atom. The van der Waals surface area contributed by atoms with E-state index in [1.165, 1.54) is 5.56 Å². The summed E-state index contributed by atoms with van der Waals surface area (Å²) in [6.07, 6.45) is 2.09. The van der Waals surface area contributed by atoms with Crippen molar-refractivity contribution in [1.82, 2.24) is 10.2 Å². The van der Waals surface area contributed by atoms with Crippen molar-refractivity contribution in [2.75, 3.05) is 19.7 Å². The molecule has 4 nitrogen and oxygen atoms in total. The summed E-state index contributed by atoms with van der Waals surface area (Å²) in [5, 5.41) is 3.59. The van der Waals surface area contributed by atoms with E-state index in [2.05, 4.69) is 34.5 Å². The number of carbonyl (C=O) groups is 1. The van der Waals surface area contributed by atoms with E-state index in [1.807, 2.05) is 18.2 Å². The van der Waals surface area contributed by atoms with Gasteiger partial charge in [-0.05, 0) is 37.1 Å². The van der Waals surface area contributed by atoms with E-state index >= 15 is 0 Å². The van der Waals surface area contributed by atoms with Gasteiger partial charge < -0.3 is 10.1 Å². The maximum absolute atomic E-state index is 12.2. The Morgan fingerprint density at radius 1 is 1.16 bits per heavy atom. The van der Waals surface area contributed by atoms with E-state index in [0.717, 1.165) is 32.5 Å². The number of halogens is 1. The van der Waals surface area contributed by atoms with Crippen LogP contribution in [-0.2, 0) is 11.3 Å². The van der Waals surface area contributed by atoms with Crippen LogP contribution in [0, 0.1) is 0 Å². The third kappa shape index (κ3) is 5.48. The first-order chi connectivity index (χ1) is 12.2. The summed E-state index contributed by atoms with van der Waals surface area (Å²) in [7, 11) is 0. The number of piperidine rings is 1. The van der Waals surface area contributed by atoms with Gasteiger partial charge in [-0.25, -0.2) is 0 Å². The lowest BCUT2D eigenvalue weighted by molar-refractivity contribution is -0.124. The highest BCUT2D eigenvalue weighted by atomic mass is 35.5. The van der Waals surface area contributed by atoms with Crippen molar-refractivity contribution in [3.8, 4) is 5.75 Å². The Labute approximate surface area is 153 Å². The summed E-state index contributed by atoms with van der Waals surface area (Å²) in [4.78, 5) is 14.6. The maximum atomic E-state index is 12.2. The molecule has 0 spiro atoms. The van der Waals surface area contributed by atoms with E-state index in [1.54, 1.807) is 12.1 Å². The minimum atomic E-state index is -0.105. The molecular weight excluding hydrogens is 336 g/mol. The van der Waals surface area contributed by atoms with Gasteiger partial charge in [-0.3, -0.25) is 9.69 Å². The van der Waals surface area contributed by atoms with E-state index in [9.17, 15) is 4.79 Å². The third-order valence-corrected chi connectivity index (χ3v) is 4.63. The van der Waals surface area contributed by atoms with Crippen molar-refractivity contribution in [2.45, 2.75) is 25.4 Å². The van der Waals surface area contributed by atoms with Crippen LogP contribution in [0.1, 0.15) is 18.4 Å². The molecule has 1 aliphatic rings. The van der Waals surface area contributed by atoms with Crippen LogP contribution in [0.15, 0.2) is 54.6 Å². The Bertz CT molecular complexity index is 693. The fraction of sp³-hybridized carbons (Fsp3) is 0.350. The fourth-order valence-corrected chi connectivity index (χ4v) is 3.32. The molecule has 3 rings (SSSR count). The van der Waals surface area contributed by atoms with Gasteiger partial charge in [0.25, 0.3) is 5.91 Å². The van der Waals surface area contributed by atoms with Crippen LogP contribution in [0.4, 0.5) is 0 Å². The van der Waals surface area contributed by atoms with E-state index in [0.29, 0.717) is 10.8 Å².